The first kappa shape index (κ1) is 7.26. The van der Waals surface area contributed by atoms with Crippen LogP contribution in [0.4, 0.5) is 0 Å². The van der Waals surface area contributed by atoms with Crippen LogP contribution in [0.2, 0.25) is 0 Å². The molecule has 2 atom stereocenters. The second kappa shape index (κ2) is 2.82. The van der Waals surface area contributed by atoms with Crippen LogP contribution in [-0.2, 0) is 4.79 Å². The van der Waals surface area contributed by atoms with Crippen LogP contribution < -0.4 is 0 Å². The molecule has 0 heterocycles. The highest BCUT2D eigenvalue weighted by Crippen LogP contribution is 2.25. The van der Waals surface area contributed by atoms with Crippen molar-refractivity contribution in [3.05, 3.63) is 0 Å². The van der Waals surface area contributed by atoms with Gasteiger partial charge in [0.1, 0.15) is 5.78 Å². The molecule has 0 aromatic heterocycles. The molecule has 0 aliphatic heterocycles. The topological polar surface area (TPSA) is 17.1 Å². The predicted octanol–water partition coefficient (Wildman–Crippen LogP) is 2.14. The van der Waals surface area contributed by atoms with Gasteiger partial charge in [0.25, 0.3) is 0 Å². The molecule has 52 valence electrons. The number of carbonyl (C=O) groups excluding carboxylic acids is 1. The van der Waals surface area contributed by atoms with Crippen molar-refractivity contribution in [2.24, 2.45) is 5.92 Å². The monoisotopic (exact) mass is 190 g/mol. The second-order valence-corrected chi connectivity index (χ2v) is 3.92. The predicted molar refractivity (Wildman–Crippen MR) is 40.7 cm³/mol. The van der Waals surface area contributed by atoms with E-state index in [1.165, 1.54) is 0 Å². The molecule has 9 heavy (non-hydrogen) atoms. The van der Waals surface area contributed by atoms with Gasteiger partial charge in [0.05, 0.1) is 4.83 Å². The number of carbonyl (C=O) groups is 1. The quantitative estimate of drug-likeness (QED) is 0.536. The molecule has 1 rings (SSSR count). The number of rotatable bonds is 0. The smallest absolute Gasteiger partial charge is 0.146 e. The zero-order chi connectivity index (χ0) is 6.85. The minimum Gasteiger partial charge on any atom is -0.298 e. The Morgan fingerprint density at radius 2 is 2.33 bits per heavy atom. The first-order chi connectivity index (χ1) is 4.20. The van der Waals surface area contributed by atoms with Gasteiger partial charge in [-0.25, -0.2) is 0 Å². The second-order valence-electron chi connectivity index (χ2n) is 2.81. The van der Waals surface area contributed by atoms with Gasteiger partial charge < -0.3 is 0 Å². The third-order valence-electron chi connectivity index (χ3n) is 1.84. The lowest BCUT2D eigenvalue weighted by Crippen LogP contribution is -2.23. The molecule has 0 bridgehead atoms. The average Bonchev–Trinajstić information content (AvgIpc) is 1.80. The maximum absolute atomic E-state index is 10.9. The molecule has 0 radical (unpaired) electrons. The molecule has 1 fully saturated rings. The highest BCUT2D eigenvalue weighted by Gasteiger charge is 2.23. The summed E-state index contributed by atoms with van der Waals surface area (Å²) in [7, 11) is 0. The zero-order valence-electron chi connectivity index (χ0n) is 5.56. The summed E-state index contributed by atoms with van der Waals surface area (Å²) in [5.74, 6) is 1.11. The Balaban J connectivity index is 2.44. The van der Waals surface area contributed by atoms with E-state index in [0.29, 0.717) is 5.78 Å². The number of hydrogen-bond acceptors (Lipinski definition) is 1. The Kier molecular flexibility index (Phi) is 2.28. The highest BCUT2D eigenvalue weighted by atomic mass is 79.9. The third-order valence-corrected chi connectivity index (χ3v) is 2.73. The molecule has 1 aliphatic rings. The lowest BCUT2D eigenvalue weighted by molar-refractivity contribution is -0.120. The highest BCUT2D eigenvalue weighted by molar-refractivity contribution is 9.10. The number of halogens is 1. The summed E-state index contributed by atoms with van der Waals surface area (Å²) in [5, 5.41) is 0. The molecule has 0 aromatic carbocycles. The Bertz CT molecular complexity index is 122. The summed E-state index contributed by atoms with van der Waals surface area (Å²) in [6, 6.07) is 0. The van der Waals surface area contributed by atoms with E-state index in [-0.39, 0.29) is 4.83 Å². The Labute approximate surface area is 64.0 Å². The van der Waals surface area contributed by atoms with Crippen molar-refractivity contribution >= 4 is 21.7 Å². The molecule has 0 aromatic rings. The molecule has 0 N–H and O–H groups in total. The number of hydrogen-bond donors (Lipinski definition) is 0. The van der Waals surface area contributed by atoms with Crippen molar-refractivity contribution in [1.82, 2.24) is 0 Å². The normalized spacial score (nSPS) is 36.9. The lowest BCUT2D eigenvalue weighted by atomic mass is 9.90. The van der Waals surface area contributed by atoms with Gasteiger partial charge in [0.15, 0.2) is 0 Å². The van der Waals surface area contributed by atoms with Crippen molar-refractivity contribution in [1.29, 1.82) is 0 Å². The van der Waals surface area contributed by atoms with E-state index in [2.05, 4.69) is 22.9 Å². The van der Waals surface area contributed by atoms with Crippen LogP contribution in [0.3, 0.4) is 0 Å². The van der Waals surface area contributed by atoms with Crippen LogP contribution in [0.5, 0.6) is 0 Å². The van der Waals surface area contributed by atoms with Gasteiger partial charge >= 0.3 is 0 Å². The van der Waals surface area contributed by atoms with E-state index in [1.54, 1.807) is 0 Å². The van der Waals surface area contributed by atoms with Gasteiger partial charge in [0.2, 0.25) is 0 Å². The molecule has 0 spiro atoms. The fraction of sp³-hybridized carbons (Fsp3) is 0.857. The summed E-state index contributed by atoms with van der Waals surface area (Å²) < 4.78 is 0. The standard InChI is InChI=1S/C7H11BrO/c1-5-2-3-7(9)6(8)4-5/h5-6H,2-4H2,1H3/t5-,6-/m1/s1. The first-order valence-electron chi connectivity index (χ1n) is 3.37. The lowest BCUT2D eigenvalue weighted by Gasteiger charge is -2.20. The fourth-order valence-electron chi connectivity index (χ4n) is 1.15. The van der Waals surface area contributed by atoms with Gasteiger partial charge in [-0.15, -0.1) is 0 Å². The van der Waals surface area contributed by atoms with Crippen molar-refractivity contribution in [2.45, 2.75) is 31.0 Å². The minimum atomic E-state index is 0.154. The molecular formula is C7H11BrO. The molecule has 1 aliphatic carbocycles. The molecule has 0 saturated heterocycles. The Morgan fingerprint density at radius 3 is 2.78 bits per heavy atom. The summed E-state index contributed by atoms with van der Waals surface area (Å²) >= 11 is 3.34. The Morgan fingerprint density at radius 1 is 1.67 bits per heavy atom. The SMILES string of the molecule is C[C@@H]1CCC(=O)[C@H](Br)C1. The summed E-state index contributed by atoms with van der Waals surface area (Å²) in [4.78, 5) is 11.0. The van der Waals surface area contributed by atoms with E-state index < -0.39 is 0 Å². The number of Topliss-reactive ketones (excluding diaryl/α,β-unsaturated/α-hetero) is 1. The van der Waals surface area contributed by atoms with Gasteiger partial charge in [-0.1, -0.05) is 22.9 Å². The maximum Gasteiger partial charge on any atom is 0.146 e. The van der Waals surface area contributed by atoms with Crippen LogP contribution in [0, 0.1) is 5.92 Å². The van der Waals surface area contributed by atoms with Crippen molar-refractivity contribution in [2.75, 3.05) is 0 Å². The molecule has 0 amide bonds. The maximum atomic E-state index is 10.9. The van der Waals surface area contributed by atoms with Crippen LogP contribution in [0.15, 0.2) is 0 Å². The van der Waals surface area contributed by atoms with Crippen molar-refractivity contribution in [3.8, 4) is 0 Å². The van der Waals surface area contributed by atoms with E-state index in [0.717, 1.165) is 25.2 Å². The largest absolute Gasteiger partial charge is 0.298 e. The molecule has 1 nitrogen and oxygen atoms in total. The first-order valence-corrected chi connectivity index (χ1v) is 4.28. The third kappa shape index (κ3) is 1.78. The van der Waals surface area contributed by atoms with Gasteiger partial charge in [-0.3, -0.25) is 4.79 Å². The van der Waals surface area contributed by atoms with E-state index in [1.807, 2.05) is 0 Å². The van der Waals surface area contributed by atoms with Crippen LogP contribution in [0.25, 0.3) is 0 Å². The zero-order valence-corrected chi connectivity index (χ0v) is 7.15. The van der Waals surface area contributed by atoms with Crippen molar-refractivity contribution in [3.63, 3.8) is 0 Å². The van der Waals surface area contributed by atoms with Crippen molar-refractivity contribution < 1.29 is 4.79 Å². The van der Waals surface area contributed by atoms with Crippen LogP contribution >= 0.6 is 15.9 Å². The Hall–Kier alpha value is 0.150. The average molecular weight is 191 g/mol. The number of ketones is 1. The summed E-state index contributed by atoms with van der Waals surface area (Å²) in [6.45, 7) is 2.20. The molecule has 2 heteroatoms. The van der Waals surface area contributed by atoms with E-state index in [4.69, 9.17) is 0 Å². The van der Waals surface area contributed by atoms with Crippen LogP contribution in [-0.4, -0.2) is 10.6 Å². The number of alkyl halides is 1. The molecule has 1 saturated carbocycles. The van der Waals surface area contributed by atoms with Gasteiger partial charge in [-0.2, -0.15) is 0 Å². The van der Waals surface area contributed by atoms with Gasteiger partial charge in [-0.05, 0) is 18.8 Å². The summed E-state index contributed by atoms with van der Waals surface area (Å²) in [6.07, 6.45) is 2.89. The van der Waals surface area contributed by atoms with E-state index in [9.17, 15) is 4.79 Å². The molecular weight excluding hydrogens is 180 g/mol. The fourth-order valence-corrected chi connectivity index (χ4v) is 2.01. The van der Waals surface area contributed by atoms with Crippen LogP contribution in [0.1, 0.15) is 26.2 Å². The van der Waals surface area contributed by atoms with Gasteiger partial charge in [0, 0.05) is 6.42 Å². The van der Waals surface area contributed by atoms with E-state index >= 15 is 0 Å². The molecule has 0 unspecified atom stereocenters. The summed E-state index contributed by atoms with van der Waals surface area (Å²) in [5.41, 5.74) is 0. The minimum absolute atomic E-state index is 0.154.